The molecule has 2 amide bonds. The Morgan fingerprint density at radius 3 is 2.45 bits per heavy atom. The Morgan fingerprint density at radius 2 is 1.81 bits per heavy atom. The van der Waals surface area contributed by atoms with Gasteiger partial charge < -0.3 is 14.8 Å². The first-order valence-corrected chi connectivity index (χ1v) is 9.58. The van der Waals surface area contributed by atoms with Gasteiger partial charge in [0.1, 0.15) is 12.4 Å². The molecule has 3 rings (SSSR count). The van der Waals surface area contributed by atoms with Crippen LogP contribution in [0.15, 0.2) is 79.1 Å². The summed E-state index contributed by atoms with van der Waals surface area (Å²) in [5.41, 5.74) is 3.15. The van der Waals surface area contributed by atoms with Gasteiger partial charge in [-0.1, -0.05) is 18.2 Å². The first-order valence-electron chi connectivity index (χ1n) is 9.58. The Labute approximate surface area is 180 Å². The molecule has 7 heteroatoms. The molecular formula is C24H23N3O4. The molecule has 0 fully saturated rings. The van der Waals surface area contributed by atoms with Crippen LogP contribution in [0.3, 0.4) is 0 Å². The number of aromatic nitrogens is 1. The van der Waals surface area contributed by atoms with Crippen LogP contribution < -0.4 is 15.0 Å². The molecule has 3 aromatic rings. The van der Waals surface area contributed by atoms with Crippen molar-refractivity contribution >= 4 is 29.5 Å². The maximum absolute atomic E-state index is 12.2. The van der Waals surface area contributed by atoms with E-state index in [1.807, 2.05) is 36.4 Å². The van der Waals surface area contributed by atoms with Crippen molar-refractivity contribution < 1.29 is 19.1 Å². The lowest BCUT2D eigenvalue weighted by molar-refractivity contribution is -0.111. The first-order chi connectivity index (χ1) is 15.0. The maximum atomic E-state index is 12.2. The topological polar surface area (TPSA) is 80.8 Å². The van der Waals surface area contributed by atoms with E-state index < -0.39 is 6.09 Å². The molecule has 0 atom stereocenters. The predicted octanol–water partition coefficient (Wildman–Crippen LogP) is 4.52. The third kappa shape index (κ3) is 6.43. The van der Waals surface area contributed by atoms with Gasteiger partial charge in [-0.15, -0.1) is 0 Å². The van der Waals surface area contributed by atoms with Gasteiger partial charge >= 0.3 is 6.09 Å². The summed E-state index contributed by atoms with van der Waals surface area (Å²) >= 11 is 0. The van der Waals surface area contributed by atoms with Crippen molar-refractivity contribution in [2.24, 2.45) is 0 Å². The van der Waals surface area contributed by atoms with E-state index in [4.69, 9.17) is 4.74 Å². The van der Waals surface area contributed by atoms with E-state index in [0.29, 0.717) is 18.0 Å². The normalized spacial score (nSPS) is 10.5. The van der Waals surface area contributed by atoms with E-state index in [-0.39, 0.29) is 5.91 Å². The van der Waals surface area contributed by atoms with Gasteiger partial charge in [0.25, 0.3) is 0 Å². The van der Waals surface area contributed by atoms with E-state index in [1.165, 1.54) is 18.1 Å². The predicted molar refractivity (Wildman–Crippen MR) is 120 cm³/mol. The number of rotatable bonds is 7. The number of ether oxygens (including phenoxy) is 2. The van der Waals surface area contributed by atoms with E-state index in [9.17, 15) is 9.59 Å². The number of carbonyl (C=O) groups is 2. The minimum atomic E-state index is -0.465. The third-order valence-corrected chi connectivity index (χ3v) is 4.41. The Morgan fingerprint density at radius 1 is 1.06 bits per heavy atom. The molecule has 1 N–H and O–H groups in total. The number of anilines is 2. The van der Waals surface area contributed by atoms with Gasteiger partial charge in [-0.3, -0.25) is 14.7 Å². The summed E-state index contributed by atoms with van der Waals surface area (Å²) in [5.74, 6) is 0.480. The van der Waals surface area contributed by atoms with E-state index in [1.54, 1.807) is 49.8 Å². The zero-order valence-corrected chi connectivity index (χ0v) is 17.3. The van der Waals surface area contributed by atoms with Gasteiger partial charge in [0.05, 0.1) is 7.11 Å². The highest BCUT2D eigenvalue weighted by Crippen LogP contribution is 2.18. The number of hydrogen-bond acceptors (Lipinski definition) is 5. The number of pyridine rings is 1. The molecule has 0 saturated carbocycles. The van der Waals surface area contributed by atoms with E-state index >= 15 is 0 Å². The van der Waals surface area contributed by atoms with Crippen LogP contribution in [0.25, 0.3) is 6.08 Å². The van der Waals surface area contributed by atoms with Crippen molar-refractivity contribution in [3.05, 3.63) is 90.3 Å². The fourth-order valence-corrected chi connectivity index (χ4v) is 2.69. The average molecular weight is 417 g/mol. The molecule has 1 heterocycles. The van der Waals surface area contributed by atoms with Gasteiger partial charge in [0.15, 0.2) is 0 Å². The number of benzene rings is 2. The van der Waals surface area contributed by atoms with E-state index in [2.05, 4.69) is 15.0 Å². The second-order valence-corrected chi connectivity index (χ2v) is 6.62. The summed E-state index contributed by atoms with van der Waals surface area (Å²) in [5, 5.41) is 2.78. The van der Waals surface area contributed by atoms with Gasteiger partial charge in [-0.2, -0.15) is 0 Å². The third-order valence-electron chi connectivity index (χ3n) is 4.41. The van der Waals surface area contributed by atoms with Crippen LogP contribution in [0, 0.1) is 0 Å². The SMILES string of the molecule is COC(=O)N(C)c1ccc(NC(=O)/C=C/c2ccc(OCc3cccnc3)cc2)cc1. The zero-order valence-electron chi connectivity index (χ0n) is 17.3. The van der Waals surface area contributed by atoms with Crippen LogP contribution in [0.1, 0.15) is 11.1 Å². The lowest BCUT2D eigenvalue weighted by Gasteiger charge is -2.15. The highest BCUT2D eigenvalue weighted by atomic mass is 16.5. The van der Waals surface area contributed by atoms with Crippen LogP contribution in [-0.4, -0.2) is 31.1 Å². The summed E-state index contributed by atoms with van der Waals surface area (Å²) in [6.45, 7) is 0.444. The van der Waals surface area contributed by atoms with Gasteiger partial charge in [-0.25, -0.2) is 4.79 Å². The summed E-state index contributed by atoms with van der Waals surface area (Å²) in [7, 11) is 2.93. The minimum absolute atomic E-state index is 0.258. The number of carbonyl (C=O) groups excluding carboxylic acids is 2. The Balaban J connectivity index is 1.51. The summed E-state index contributed by atoms with van der Waals surface area (Å²) in [6, 6.07) is 18.2. The molecule has 0 aliphatic carbocycles. The molecule has 7 nitrogen and oxygen atoms in total. The fraction of sp³-hybridized carbons (Fsp3) is 0.125. The zero-order chi connectivity index (χ0) is 22.1. The Hall–Kier alpha value is -4.13. The van der Waals surface area contributed by atoms with Crippen molar-refractivity contribution in [1.29, 1.82) is 0 Å². The van der Waals surface area contributed by atoms with Crippen LogP contribution in [-0.2, 0) is 16.1 Å². The number of nitrogens with zero attached hydrogens (tertiary/aromatic N) is 2. The monoisotopic (exact) mass is 417 g/mol. The van der Waals surface area contributed by atoms with E-state index in [0.717, 1.165) is 16.9 Å². The largest absolute Gasteiger partial charge is 0.489 e. The molecule has 0 aliphatic rings. The lowest BCUT2D eigenvalue weighted by atomic mass is 10.2. The molecule has 0 bridgehead atoms. The molecule has 2 aromatic carbocycles. The molecule has 1 aromatic heterocycles. The number of hydrogen-bond donors (Lipinski definition) is 1. The molecule has 158 valence electrons. The molecule has 31 heavy (non-hydrogen) atoms. The molecule has 0 saturated heterocycles. The quantitative estimate of drug-likeness (QED) is 0.572. The smallest absolute Gasteiger partial charge is 0.413 e. The molecule has 0 spiro atoms. The van der Waals surface area contributed by atoms with Gasteiger partial charge in [0.2, 0.25) is 5.91 Å². The summed E-state index contributed by atoms with van der Waals surface area (Å²) in [4.78, 5) is 29.1. The summed E-state index contributed by atoms with van der Waals surface area (Å²) < 4.78 is 10.4. The highest BCUT2D eigenvalue weighted by Gasteiger charge is 2.10. The second kappa shape index (κ2) is 10.6. The first kappa shape index (κ1) is 21.6. The van der Waals surface area contributed by atoms with Gasteiger partial charge in [-0.05, 0) is 54.1 Å². The lowest BCUT2D eigenvalue weighted by Crippen LogP contribution is -2.25. The fourth-order valence-electron chi connectivity index (χ4n) is 2.69. The van der Waals surface area contributed by atoms with Crippen LogP contribution in [0.5, 0.6) is 5.75 Å². The molecular weight excluding hydrogens is 394 g/mol. The summed E-state index contributed by atoms with van der Waals surface area (Å²) in [6.07, 6.45) is 6.20. The molecule has 0 aliphatic heterocycles. The highest BCUT2D eigenvalue weighted by molar-refractivity contribution is 6.02. The van der Waals surface area contributed by atoms with Crippen molar-refractivity contribution in [3.8, 4) is 5.75 Å². The van der Waals surface area contributed by atoms with Crippen LogP contribution >= 0.6 is 0 Å². The number of nitrogens with one attached hydrogen (secondary N) is 1. The van der Waals surface area contributed by atoms with Crippen LogP contribution in [0.4, 0.5) is 16.2 Å². The Kier molecular flexibility index (Phi) is 7.37. The number of amides is 2. The Bertz CT molecular complexity index is 1030. The van der Waals surface area contributed by atoms with Crippen molar-refractivity contribution in [2.75, 3.05) is 24.4 Å². The van der Waals surface area contributed by atoms with Crippen LogP contribution in [0.2, 0.25) is 0 Å². The molecule has 0 unspecified atom stereocenters. The number of methoxy groups -OCH3 is 1. The van der Waals surface area contributed by atoms with Gasteiger partial charge in [0, 0.05) is 42.5 Å². The molecule has 0 radical (unpaired) electrons. The minimum Gasteiger partial charge on any atom is -0.489 e. The maximum Gasteiger partial charge on any atom is 0.413 e. The van der Waals surface area contributed by atoms with Crippen molar-refractivity contribution in [2.45, 2.75) is 6.61 Å². The average Bonchev–Trinajstić information content (AvgIpc) is 2.82. The standard InChI is InChI=1S/C24H23N3O4/c1-27(24(29)30-2)21-10-8-20(9-11-21)26-23(28)14-7-18-5-12-22(13-6-18)31-17-19-4-3-15-25-16-19/h3-16H,17H2,1-2H3,(H,26,28)/b14-7+. The van der Waals surface area contributed by atoms with Crippen molar-refractivity contribution in [1.82, 2.24) is 4.98 Å². The van der Waals surface area contributed by atoms with Crippen molar-refractivity contribution in [3.63, 3.8) is 0 Å². The second-order valence-electron chi connectivity index (χ2n) is 6.62.